The highest BCUT2D eigenvalue weighted by Crippen LogP contribution is 2.28. The van der Waals surface area contributed by atoms with Crippen molar-refractivity contribution in [1.29, 1.82) is 0 Å². The summed E-state index contributed by atoms with van der Waals surface area (Å²) in [5.41, 5.74) is 2.21. The summed E-state index contributed by atoms with van der Waals surface area (Å²) < 4.78 is 1.85. The Morgan fingerprint density at radius 1 is 1.03 bits per heavy atom. The number of carbonyl (C=O) groups is 1. The summed E-state index contributed by atoms with van der Waals surface area (Å²) in [4.78, 5) is 37.1. The maximum Gasteiger partial charge on any atom is 0.277 e. The standard InChI is InChI=1S/C21H29N5O2S/c27-19-13-16(22-21-26(19)17-5-1-2-6-18(17)29-21)14-23-9-11-24(12-10-23)15-20(28)25-7-3-4-8-25/h13H,1-12,14-15H2/p+2. The molecule has 7 nitrogen and oxygen atoms in total. The molecule has 0 aromatic carbocycles. The van der Waals surface area contributed by atoms with Crippen LogP contribution in [0.1, 0.15) is 41.9 Å². The molecule has 8 heteroatoms. The third-order valence-electron chi connectivity index (χ3n) is 6.77. The van der Waals surface area contributed by atoms with Gasteiger partial charge >= 0.3 is 0 Å². The predicted octanol–water partition coefficient (Wildman–Crippen LogP) is -1.46. The molecule has 2 N–H and O–H groups in total. The number of quaternary nitrogens is 2. The minimum absolute atomic E-state index is 0.0873. The van der Waals surface area contributed by atoms with Crippen molar-refractivity contribution in [2.75, 3.05) is 45.8 Å². The van der Waals surface area contributed by atoms with Crippen LogP contribution >= 0.6 is 11.3 Å². The Balaban J connectivity index is 1.21. The van der Waals surface area contributed by atoms with Gasteiger partial charge in [-0.05, 0) is 38.5 Å². The summed E-state index contributed by atoms with van der Waals surface area (Å²) in [7, 11) is 0. The Morgan fingerprint density at radius 3 is 2.55 bits per heavy atom. The van der Waals surface area contributed by atoms with E-state index in [2.05, 4.69) is 0 Å². The Morgan fingerprint density at radius 2 is 1.76 bits per heavy atom. The number of fused-ring (bicyclic) bond motifs is 3. The lowest BCUT2D eigenvalue weighted by Crippen LogP contribution is -3.28. The first-order valence-electron chi connectivity index (χ1n) is 11.2. The molecule has 1 aliphatic carbocycles. The summed E-state index contributed by atoms with van der Waals surface area (Å²) in [5.74, 6) is 0.322. The maximum atomic E-state index is 12.7. The highest BCUT2D eigenvalue weighted by Gasteiger charge is 2.28. The van der Waals surface area contributed by atoms with Crippen LogP contribution in [0.2, 0.25) is 0 Å². The van der Waals surface area contributed by atoms with E-state index in [0.29, 0.717) is 12.5 Å². The number of aromatic nitrogens is 2. The van der Waals surface area contributed by atoms with Crippen LogP contribution in [0.3, 0.4) is 0 Å². The number of hydrogen-bond acceptors (Lipinski definition) is 4. The van der Waals surface area contributed by atoms with E-state index in [1.54, 1.807) is 17.4 Å². The van der Waals surface area contributed by atoms with Crippen LogP contribution in [0.15, 0.2) is 10.9 Å². The van der Waals surface area contributed by atoms with E-state index < -0.39 is 0 Å². The van der Waals surface area contributed by atoms with Crippen molar-refractivity contribution in [3.05, 3.63) is 32.7 Å². The molecule has 0 bridgehead atoms. The molecule has 4 heterocycles. The van der Waals surface area contributed by atoms with E-state index in [1.165, 1.54) is 33.2 Å². The van der Waals surface area contributed by atoms with Crippen molar-refractivity contribution in [1.82, 2.24) is 14.3 Å². The smallest absolute Gasteiger partial charge is 0.277 e. The molecule has 1 amide bonds. The van der Waals surface area contributed by atoms with Crippen molar-refractivity contribution in [3.63, 3.8) is 0 Å². The highest BCUT2D eigenvalue weighted by atomic mass is 32.1. The van der Waals surface area contributed by atoms with Crippen LogP contribution in [0.5, 0.6) is 0 Å². The van der Waals surface area contributed by atoms with E-state index in [9.17, 15) is 9.59 Å². The van der Waals surface area contributed by atoms with Gasteiger partial charge in [-0.1, -0.05) is 0 Å². The minimum atomic E-state index is 0.0873. The Labute approximate surface area is 174 Å². The second kappa shape index (κ2) is 8.16. The van der Waals surface area contributed by atoms with Crippen LogP contribution in [0.25, 0.3) is 4.96 Å². The molecule has 2 aromatic rings. The molecule has 2 fully saturated rings. The SMILES string of the molecule is O=C(C[NH+]1CC[NH+](Cc2cc(=O)n3c4c(sc3n2)CCCC4)CC1)N1CCCC1. The normalized spacial score (nSPS) is 24.8. The first-order chi connectivity index (χ1) is 14.2. The number of amides is 1. The zero-order valence-electron chi connectivity index (χ0n) is 17.0. The fourth-order valence-corrected chi connectivity index (χ4v) is 6.32. The molecule has 2 aromatic heterocycles. The van der Waals surface area contributed by atoms with E-state index in [-0.39, 0.29) is 5.56 Å². The molecule has 3 aliphatic rings. The third kappa shape index (κ3) is 3.98. The van der Waals surface area contributed by atoms with Gasteiger partial charge in [0, 0.05) is 29.7 Å². The van der Waals surface area contributed by atoms with E-state index in [0.717, 1.165) is 82.2 Å². The second-order valence-corrected chi connectivity index (χ2v) is 9.89. The molecule has 2 aliphatic heterocycles. The lowest BCUT2D eigenvalue weighted by atomic mass is 10.0. The van der Waals surface area contributed by atoms with E-state index in [4.69, 9.17) is 4.98 Å². The minimum Gasteiger partial charge on any atom is -0.338 e. The number of rotatable bonds is 4. The van der Waals surface area contributed by atoms with Crippen molar-refractivity contribution in [2.24, 2.45) is 0 Å². The van der Waals surface area contributed by atoms with Crippen molar-refractivity contribution < 1.29 is 14.6 Å². The molecular formula is C21H31N5O2S+2. The van der Waals surface area contributed by atoms with E-state index in [1.807, 2.05) is 9.30 Å². The zero-order valence-corrected chi connectivity index (χ0v) is 17.9. The van der Waals surface area contributed by atoms with Gasteiger partial charge in [0.1, 0.15) is 38.4 Å². The molecule has 0 unspecified atom stereocenters. The maximum absolute atomic E-state index is 12.7. The summed E-state index contributed by atoms with van der Waals surface area (Å²) >= 11 is 1.71. The number of aryl methyl sites for hydroxylation is 2. The van der Waals surface area contributed by atoms with Gasteiger partial charge in [-0.2, -0.15) is 0 Å². The topological polar surface area (TPSA) is 63.6 Å². The van der Waals surface area contributed by atoms with Gasteiger partial charge in [0.15, 0.2) is 11.5 Å². The van der Waals surface area contributed by atoms with Crippen LogP contribution in [-0.4, -0.2) is 66.0 Å². The van der Waals surface area contributed by atoms with Gasteiger partial charge in [-0.3, -0.25) is 14.0 Å². The Bertz CT molecular complexity index is 954. The molecule has 0 atom stereocenters. The van der Waals surface area contributed by atoms with Gasteiger partial charge < -0.3 is 14.7 Å². The van der Waals surface area contributed by atoms with Crippen LogP contribution < -0.4 is 15.4 Å². The number of nitrogens with one attached hydrogen (secondary N) is 2. The van der Waals surface area contributed by atoms with Crippen LogP contribution in [0.4, 0.5) is 0 Å². The number of carbonyl (C=O) groups excluding carboxylic acids is 1. The molecule has 29 heavy (non-hydrogen) atoms. The summed E-state index contributed by atoms with van der Waals surface area (Å²) in [6.45, 7) is 7.43. The second-order valence-electron chi connectivity index (χ2n) is 8.82. The van der Waals surface area contributed by atoms with Gasteiger partial charge in [-0.15, -0.1) is 11.3 Å². The zero-order chi connectivity index (χ0) is 19.8. The van der Waals surface area contributed by atoms with Crippen molar-refractivity contribution in [2.45, 2.75) is 45.1 Å². The fourth-order valence-electron chi connectivity index (χ4n) is 5.09. The number of piperazine rings is 1. The van der Waals surface area contributed by atoms with E-state index >= 15 is 0 Å². The lowest BCUT2D eigenvalue weighted by molar-refractivity contribution is -1.02. The molecule has 156 valence electrons. The first-order valence-corrected chi connectivity index (χ1v) is 12.0. The monoisotopic (exact) mass is 417 g/mol. The summed E-state index contributed by atoms with van der Waals surface area (Å²) in [5, 5.41) is 0. The van der Waals surface area contributed by atoms with Crippen LogP contribution in [0, 0.1) is 0 Å². The molecule has 2 saturated heterocycles. The van der Waals surface area contributed by atoms with Gasteiger partial charge in [0.25, 0.3) is 11.5 Å². The predicted molar refractivity (Wildman–Crippen MR) is 112 cm³/mol. The lowest BCUT2D eigenvalue weighted by Gasteiger charge is -2.30. The number of likely N-dealkylation sites (tertiary alicyclic amines) is 1. The third-order valence-corrected chi connectivity index (χ3v) is 7.91. The van der Waals surface area contributed by atoms with Crippen molar-refractivity contribution in [3.8, 4) is 0 Å². The molecule has 0 spiro atoms. The molecule has 5 rings (SSSR count). The molecule has 0 saturated carbocycles. The average Bonchev–Trinajstić information content (AvgIpc) is 3.37. The molecule has 0 radical (unpaired) electrons. The van der Waals surface area contributed by atoms with Gasteiger partial charge in [-0.25, -0.2) is 4.98 Å². The fraction of sp³-hybridized carbons (Fsp3) is 0.667. The summed E-state index contributed by atoms with van der Waals surface area (Å²) in [6, 6.07) is 1.75. The van der Waals surface area contributed by atoms with Gasteiger partial charge in [0.2, 0.25) is 0 Å². The number of hydrogen-bond donors (Lipinski definition) is 2. The highest BCUT2D eigenvalue weighted by molar-refractivity contribution is 7.17. The summed E-state index contributed by atoms with van der Waals surface area (Å²) in [6.07, 6.45) is 6.79. The van der Waals surface area contributed by atoms with Crippen LogP contribution in [-0.2, 0) is 24.2 Å². The Hall–Kier alpha value is -1.77. The quantitative estimate of drug-likeness (QED) is 0.639. The largest absolute Gasteiger partial charge is 0.338 e. The number of nitrogens with zero attached hydrogens (tertiary/aromatic N) is 3. The van der Waals surface area contributed by atoms with Crippen molar-refractivity contribution >= 4 is 22.2 Å². The first kappa shape index (κ1) is 19.2. The Kier molecular flexibility index (Phi) is 5.41. The molecular weight excluding hydrogens is 386 g/mol. The number of thiazole rings is 1. The average molecular weight is 418 g/mol. The van der Waals surface area contributed by atoms with Gasteiger partial charge in [0.05, 0.1) is 0 Å².